The quantitative estimate of drug-likeness (QED) is 0.773. The van der Waals surface area contributed by atoms with E-state index >= 15 is 0 Å². The minimum atomic E-state index is -3.13. The first kappa shape index (κ1) is 16.5. The molecule has 0 radical (unpaired) electrons. The maximum Gasteiger partial charge on any atom is 0.178 e. The maximum atomic E-state index is 11.8. The van der Waals surface area contributed by atoms with Gasteiger partial charge < -0.3 is 10.4 Å². The van der Waals surface area contributed by atoms with E-state index in [1.165, 1.54) is 12.8 Å². The number of benzene rings is 1. The summed E-state index contributed by atoms with van der Waals surface area (Å²) in [4.78, 5) is 0.384. The van der Waals surface area contributed by atoms with Gasteiger partial charge in [-0.05, 0) is 49.8 Å². The van der Waals surface area contributed by atoms with Crippen LogP contribution in [0.5, 0.6) is 0 Å². The summed E-state index contributed by atoms with van der Waals surface area (Å²) in [5.41, 5.74) is 1.08. The van der Waals surface area contributed by atoms with Crippen molar-refractivity contribution in [1.82, 2.24) is 5.32 Å². The largest absolute Gasteiger partial charge is 0.396 e. The van der Waals surface area contributed by atoms with Gasteiger partial charge in [0.1, 0.15) is 0 Å². The Morgan fingerprint density at radius 3 is 2.38 bits per heavy atom. The molecule has 1 aliphatic rings. The van der Waals surface area contributed by atoms with Crippen molar-refractivity contribution in [3.63, 3.8) is 0 Å². The van der Waals surface area contributed by atoms with E-state index in [-0.39, 0.29) is 18.4 Å². The van der Waals surface area contributed by atoms with Gasteiger partial charge in [0.05, 0.1) is 10.6 Å². The zero-order valence-electron chi connectivity index (χ0n) is 12.7. The Morgan fingerprint density at radius 1 is 1.29 bits per heavy atom. The van der Waals surface area contributed by atoms with Gasteiger partial charge in [0.25, 0.3) is 0 Å². The molecule has 1 aliphatic carbocycles. The number of aliphatic hydroxyl groups is 1. The summed E-state index contributed by atoms with van der Waals surface area (Å²) in [5.74, 6) is 0.805. The highest BCUT2D eigenvalue weighted by atomic mass is 32.2. The van der Waals surface area contributed by atoms with Crippen molar-refractivity contribution in [3.05, 3.63) is 29.8 Å². The Bertz CT molecular complexity index is 549. The Kier molecular flexibility index (Phi) is 5.41. The van der Waals surface area contributed by atoms with Crippen molar-refractivity contribution >= 4 is 9.84 Å². The molecule has 0 bridgehead atoms. The zero-order valence-corrected chi connectivity index (χ0v) is 13.6. The predicted molar refractivity (Wildman–Crippen MR) is 83.9 cm³/mol. The number of sulfone groups is 1. The van der Waals surface area contributed by atoms with E-state index in [0.717, 1.165) is 12.0 Å². The van der Waals surface area contributed by atoms with E-state index in [2.05, 4.69) is 12.2 Å². The van der Waals surface area contributed by atoms with Crippen molar-refractivity contribution in [1.29, 1.82) is 0 Å². The standard InChI is InChI=1S/C16H25NO3S/c1-3-21(19,20)15-8-6-13(7-9-15)12(2)17-16(10-11-18)14-4-5-14/h6-9,12,14,16-18H,3-5,10-11H2,1-2H3. The van der Waals surface area contributed by atoms with Crippen LogP contribution < -0.4 is 5.32 Å². The topological polar surface area (TPSA) is 66.4 Å². The lowest BCUT2D eigenvalue weighted by Crippen LogP contribution is -2.34. The zero-order chi connectivity index (χ0) is 15.5. The lowest BCUT2D eigenvalue weighted by molar-refractivity contribution is 0.250. The molecule has 118 valence electrons. The summed E-state index contributed by atoms with van der Waals surface area (Å²) in [6, 6.07) is 7.63. The van der Waals surface area contributed by atoms with Crippen LogP contribution in [-0.4, -0.2) is 31.9 Å². The van der Waals surface area contributed by atoms with Crippen molar-refractivity contribution < 1.29 is 13.5 Å². The third-order valence-electron chi connectivity index (χ3n) is 4.21. The molecule has 0 saturated heterocycles. The molecule has 0 spiro atoms. The van der Waals surface area contributed by atoms with E-state index in [1.807, 2.05) is 12.1 Å². The molecule has 0 aromatic heterocycles. The minimum Gasteiger partial charge on any atom is -0.396 e. The van der Waals surface area contributed by atoms with Crippen LogP contribution in [-0.2, 0) is 9.84 Å². The predicted octanol–water partition coefficient (Wildman–Crippen LogP) is 2.29. The third kappa shape index (κ3) is 4.28. The monoisotopic (exact) mass is 311 g/mol. The van der Waals surface area contributed by atoms with Gasteiger partial charge in [0, 0.05) is 18.7 Å². The fourth-order valence-corrected chi connectivity index (χ4v) is 3.52. The Balaban J connectivity index is 2.04. The maximum absolute atomic E-state index is 11.8. The van der Waals surface area contributed by atoms with Gasteiger partial charge in [-0.1, -0.05) is 19.1 Å². The summed E-state index contributed by atoms with van der Waals surface area (Å²) in [6.07, 6.45) is 3.24. The average molecular weight is 311 g/mol. The summed E-state index contributed by atoms with van der Waals surface area (Å²) >= 11 is 0. The Labute approximate surface area is 127 Å². The fraction of sp³-hybridized carbons (Fsp3) is 0.625. The van der Waals surface area contributed by atoms with Crippen LogP contribution in [0, 0.1) is 5.92 Å². The number of rotatable bonds is 8. The van der Waals surface area contributed by atoms with Gasteiger partial charge in [-0.2, -0.15) is 0 Å². The first-order chi connectivity index (χ1) is 9.97. The first-order valence-electron chi connectivity index (χ1n) is 7.67. The highest BCUT2D eigenvalue weighted by Crippen LogP contribution is 2.35. The third-order valence-corrected chi connectivity index (χ3v) is 5.96. The van der Waals surface area contributed by atoms with Gasteiger partial charge in [0.15, 0.2) is 9.84 Å². The molecular formula is C16H25NO3S. The second-order valence-corrected chi connectivity index (χ2v) is 8.10. The van der Waals surface area contributed by atoms with Crippen LogP contribution in [0.2, 0.25) is 0 Å². The lowest BCUT2D eigenvalue weighted by atomic mass is 10.0. The average Bonchev–Trinajstić information content (AvgIpc) is 3.31. The van der Waals surface area contributed by atoms with Crippen LogP contribution in [0.1, 0.15) is 44.7 Å². The molecular weight excluding hydrogens is 286 g/mol. The van der Waals surface area contributed by atoms with Crippen LogP contribution >= 0.6 is 0 Å². The highest BCUT2D eigenvalue weighted by Gasteiger charge is 2.31. The van der Waals surface area contributed by atoms with E-state index < -0.39 is 9.84 Å². The van der Waals surface area contributed by atoms with Crippen molar-refractivity contribution in [2.24, 2.45) is 5.92 Å². The molecule has 0 amide bonds. The van der Waals surface area contributed by atoms with Crippen LogP contribution in [0.25, 0.3) is 0 Å². The van der Waals surface area contributed by atoms with Crippen LogP contribution in [0.3, 0.4) is 0 Å². The van der Waals surface area contributed by atoms with Gasteiger partial charge >= 0.3 is 0 Å². The molecule has 5 heteroatoms. The van der Waals surface area contributed by atoms with Gasteiger partial charge in [-0.3, -0.25) is 0 Å². The highest BCUT2D eigenvalue weighted by molar-refractivity contribution is 7.91. The smallest absolute Gasteiger partial charge is 0.178 e. The Morgan fingerprint density at radius 2 is 1.90 bits per heavy atom. The first-order valence-corrected chi connectivity index (χ1v) is 9.32. The van der Waals surface area contributed by atoms with Crippen molar-refractivity contribution in [2.75, 3.05) is 12.4 Å². The second kappa shape index (κ2) is 6.90. The van der Waals surface area contributed by atoms with E-state index in [4.69, 9.17) is 5.11 Å². The molecule has 1 fully saturated rings. The summed E-state index contributed by atoms with van der Waals surface area (Å²) in [5, 5.41) is 12.7. The summed E-state index contributed by atoms with van der Waals surface area (Å²) in [7, 11) is -3.13. The SMILES string of the molecule is CCS(=O)(=O)c1ccc(C(C)NC(CCO)C2CC2)cc1. The molecule has 1 aromatic carbocycles. The molecule has 2 unspecified atom stereocenters. The molecule has 2 rings (SSSR count). The van der Waals surface area contributed by atoms with Gasteiger partial charge in [-0.15, -0.1) is 0 Å². The molecule has 1 saturated carbocycles. The summed E-state index contributed by atoms with van der Waals surface area (Å²) < 4.78 is 23.6. The second-order valence-electron chi connectivity index (χ2n) is 5.82. The normalized spacial score (nSPS) is 18.4. The molecule has 2 N–H and O–H groups in total. The minimum absolute atomic E-state index is 0.125. The molecule has 0 heterocycles. The Hall–Kier alpha value is -0.910. The number of hydrogen-bond acceptors (Lipinski definition) is 4. The summed E-state index contributed by atoms with van der Waals surface area (Å²) in [6.45, 7) is 3.94. The lowest BCUT2D eigenvalue weighted by Gasteiger charge is -2.23. The van der Waals surface area contributed by atoms with Crippen LogP contribution in [0.15, 0.2) is 29.2 Å². The fourth-order valence-electron chi connectivity index (χ4n) is 2.64. The molecule has 2 atom stereocenters. The van der Waals surface area contributed by atoms with Crippen molar-refractivity contribution in [3.8, 4) is 0 Å². The van der Waals surface area contributed by atoms with E-state index in [1.54, 1.807) is 19.1 Å². The number of aliphatic hydroxyl groups excluding tert-OH is 1. The number of hydrogen-bond donors (Lipinski definition) is 2. The molecule has 21 heavy (non-hydrogen) atoms. The van der Waals surface area contributed by atoms with Gasteiger partial charge in [0.2, 0.25) is 0 Å². The van der Waals surface area contributed by atoms with E-state index in [9.17, 15) is 8.42 Å². The van der Waals surface area contributed by atoms with Crippen molar-refractivity contribution in [2.45, 2.75) is 50.1 Å². The molecule has 4 nitrogen and oxygen atoms in total. The molecule has 1 aromatic rings. The molecule has 0 aliphatic heterocycles. The number of nitrogens with one attached hydrogen (secondary N) is 1. The van der Waals surface area contributed by atoms with E-state index in [0.29, 0.717) is 16.9 Å². The van der Waals surface area contributed by atoms with Crippen LogP contribution in [0.4, 0.5) is 0 Å². The van der Waals surface area contributed by atoms with Gasteiger partial charge in [-0.25, -0.2) is 8.42 Å².